The molecule has 6 rings (SSSR count). The van der Waals surface area contributed by atoms with E-state index in [1.54, 1.807) is 17.0 Å². The van der Waals surface area contributed by atoms with Crippen molar-refractivity contribution in [2.75, 3.05) is 19.9 Å². The van der Waals surface area contributed by atoms with Crippen molar-refractivity contribution in [3.8, 4) is 11.5 Å². The summed E-state index contributed by atoms with van der Waals surface area (Å²) in [6.45, 7) is 1.18. The van der Waals surface area contributed by atoms with Gasteiger partial charge in [-0.05, 0) is 48.2 Å². The average Bonchev–Trinajstić information content (AvgIpc) is 3.54. The zero-order valence-electron chi connectivity index (χ0n) is 18.2. The maximum absolute atomic E-state index is 14.0. The van der Waals surface area contributed by atoms with E-state index in [2.05, 4.69) is 10.1 Å². The number of carbonyl (C=O) groups is 2. The maximum atomic E-state index is 14.0. The molecule has 0 N–H and O–H groups in total. The molecular weight excluding hydrogens is 441 g/mol. The number of halogens is 1. The molecule has 10 heteroatoms. The van der Waals surface area contributed by atoms with Crippen LogP contribution in [0.4, 0.5) is 9.18 Å². The third kappa shape index (κ3) is 3.37. The first kappa shape index (κ1) is 20.6. The second kappa shape index (κ2) is 8.12. The average molecular weight is 463 g/mol. The van der Waals surface area contributed by atoms with E-state index in [1.165, 1.54) is 29.5 Å². The van der Waals surface area contributed by atoms with Crippen molar-refractivity contribution in [2.45, 2.75) is 30.8 Å². The first-order chi connectivity index (χ1) is 16.6. The third-order valence-corrected chi connectivity index (χ3v) is 6.83. The highest BCUT2D eigenvalue weighted by Gasteiger charge is 2.52. The monoisotopic (exact) mass is 463 g/mol. The van der Waals surface area contributed by atoms with Gasteiger partial charge in [0.2, 0.25) is 12.7 Å². The van der Waals surface area contributed by atoms with Crippen LogP contribution >= 0.6 is 0 Å². The number of hydrogen-bond donors (Lipinski definition) is 0. The zero-order valence-corrected chi connectivity index (χ0v) is 18.2. The highest BCUT2D eigenvalue weighted by molar-refractivity contribution is 5.92. The van der Waals surface area contributed by atoms with Crippen LogP contribution in [0.25, 0.3) is 0 Å². The molecule has 0 unspecified atom stereocenters. The predicted octanol–water partition coefficient (Wildman–Crippen LogP) is 2.95. The van der Waals surface area contributed by atoms with Gasteiger partial charge in [-0.3, -0.25) is 4.79 Å². The first-order valence-electron chi connectivity index (χ1n) is 11.2. The Hall–Kier alpha value is -3.95. The van der Waals surface area contributed by atoms with Crippen molar-refractivity contribution in [3.63, 3.8) is 0 Å². The van der Waals surface area contributed by atoms with E-state index in [4.69, 9.17) is 9.47 Å². The summed E-state index contributed by atoms with van der Waals surface area (Å²) in [7, 11) is 0. The highest BCUT2D eigenvalue weighted by atomic mass is 19.1. The lowest BCUT2D eigenvalue weighted by Gasteiger charge is -2.53. The number of benzene rings is 2. The molecule has 2 saturated heterocycles. The highest BCUT2D eigenvalue weighted by Crippen LogP contribution is 2.50. The number of hydrogen-bond acceptors (Lipinski definition) is 6. The SMILES string of the molecule is O=C1[C@H](c2cccc(F)c2)[C@@H](c2ccc3c(c2)OCO3)N1C1CCN(C(=O)n2cncn2)CC1. The Kier molecular flexibility index (Phi) is 4.93. The third-order valence-electron chi connectivity index (χ3n) is 6.83. The molecule has 2 fully saturated rings. The normalized spacial score (nSPS) is 22.1. The molecule has 174 valence electrons. The summed E-state index contributed by atoms with van der Waals surface area (Å²) in [5.74, 6) is 0.430. The van der Waals surface area contributed by atoms with Gasteiger partial charge in [-0.2, -0.15) is 9.78 Å². The van der Waals surface area contributed by atoms with Gasteiger partial charge in [0.25, 0.3) is 0 Å². The number of carbonyl (C=O) groups excluding carboxylic acids is 2. The summed E-state index contributed by atoms with van der Waals surface area (Å²) < 4.78 is 26.2. The molecule has 2 amide bonds. The summed E-state index contributed by atoms with van der Waals surface area (Å²) in [5.41, 5.74) is 1.57. The molecule has 2 atom stereocenters. The van der Waals surface area contributed by atoms with E-state index in [0.29, 0.717) is 43.0 Å². The Labute approximate surface area is 194 Å². The number of fused-ring (bicyclic) bond motifs is 1. The Morgan fingerprint density at radius 2 is 1.85 bits per heavy atom. The van der Waals surface area contributed by atoms with Crippen molar-refractivity contribution in [2.24, 2.45) is 0 Å². The van der Waals surface area contributed by atoms with Crippen LogP contribution in [0.2, 0.25) is 0 Å². The number of β-lactam (4-membered cyclic amide) rings is 1. The molecule has 0 aliphatic carbocycles. The van der Waals surface area contributed by atoms with Gasteiger partial charge in [0.1, 0.15) is 18.5 Å². The lowest BCUT2D eigenvalue weighted by Crippen LogP contribution is -2.60. The minimum absolute atomic E-state index is 0.0330. The molecule has 3 aliphatic rings. The van der Waals surface area contributed by atoms with Gasteiger partial charge in [0.15, 0.2) is 11.5 Å². The van der Waals surface area contributed by atoms with Crippen LogP contribution in [-0.2, 0) is 4.79 Å². The topological polar surface area (TPSA) is 89.8 Å². The molecule has 0 radical (unpaired) electrons. The Bertz CT molecular complexity index is 1240. The summed E-state index contributed by atoms with van der Waals surface area (Å²) in [6.07, 6.45) is 3.99. The van der Waals surface area contributed by atoms with E-state index in [0.717, 1.165) is 5.56 Å². The Morgan fingerprint density at radius 1 is 1.03 bits per heavy atom. The number of rotatable bonds is 3. The fourth-order valence-electron chi connectivity index (χ4n) is 5.18. The number of aromatic nitrogens is 3. The van der Waals surface area contributed by atoms with Gasteiger partial charge >= 0.3 is 6.03 Å². The van der Waals surface area contributed by atoms with Gasteiger partial charge in [0, 0.05) is 19.1 Å². The number of likely N-dealkylation sites (tertiary alicyclic amines) is 2. The fraction of sp³-hybridized carbons (Fsp3) is 0.333. The smallest absolute Gasteiger partial charge is 0.346 e. The molecule has 3 aliphatic heterocycles. The molecule has 34 heavy (non-hydrogen) atoms. The van der Waals surface area contributed by atoms with Crippen LogP contribution in [0.15, 0.2) is 55.1 Å². The number of nitrogens with zero attached hydrogens (tertiary/aromatic N) is 5. The van der Waals surface area contributed by atoms with Gasteiger partial charge in [-0.1, -0.05) is 18.2 Å². The zero-order chi connectivity index (χ0) is 23.2. The molecule has 0 bridgehead atoms. The van der Waals surface area contributed by atoms with Crippen LogP contribution in [0.5, 0.6) is 11.5 Å². The van der Waals surface area contributed by atoms with Gasteiger partial charge < -0.3 is 19.3 Å². The summed E-state index contributed by atoms with van der Waals surface area (Å²) in [4.78, 5) is 33.5. The van der Waals surface area contributed by atoms with Crippen molar-refractivity contribution in [1.82, 2.24) is 24.6 Å². The Balaban J connectivity index is 1.26. The predicted molar refractivity (Wildman–Crippen MR) is 117 cm³/mol. The number of ether oxygens (including phenoxy) is 2. The largest absolute Gasteiger partial charge is 0.454 e. The second-order valence-corrected chi connectivity index (χ2v) is 8.68. The fourth-order valence-corrected chi connectivity index (χ4v) is 5.18. The molecule has 0 spiro atoms. The van der Waals surface area contributed by atoms with Crippen molar-refractivity contribution in [3.05, 3.63) is 72.1 Å². The van der Waals surface area contributed by atoms with Gasteiger partial charge in [-0.15, -0.1) is 0 Å². The van der Waals surface area contributed by atoms with E-state index >= 15 is 0 Å². The molecule has 2 aromatic carbocycles. The standard InChI is InChI=1S/C24H22FN5O4/c25-17-3-1-2-15(10-17)21-22(16-4-5-19-20(11-16)34-14-33-19)30(23(21)31)18-6-8-28(9-7-18)24(32)29-13-26-12-27-29/h1-5,10-13,18,21-22H,6-9,14H2/t21-,22-/m1/s1. The quantitative estimate of drug-likeness (QED) is 0.555. The number of amides is 2. The van der Waals surface area contributed by atoms with Crippen molar-refractivity contribution in [1.29, 1.82) is 0 Å². The lowest BCUT2D eigenvalue weighted by atomic mass is 9.75. The number of piperidine rings is 1. The van der Waals surface area contributed by atoms with Crippen LogP contribution in [0.1, 0.15) is 35.9 Å². The van der Waals surface area contributed by atoms with Crippen LogP contribution < -0.4 is 9.47 Å². The van der Waals surface area contributed by atoms with Crippen molar-refractivity contribution >= 4 is 11.9 Å². The lowest BCUT2D eigenvalue weighted by molar-refractivity contribution is -0.156. The first-order valence-corrected chi connectivity index (χ1v) is 11.2. The van der Waals surface area contributed by atoms with Gasteiger partial charge in [-0.25, -0.2) is 14.2 Å². The Morgan fingerprint density at radius 3 is 2.62 bits per heavy atom. The summed E-state index contributed by atoms with van der Waals surface area (Å²) in [6, 6.07) is 11.4. The van der Waals surface area contributed by atoms with Gasteiger partial charge in [0.05, 0.1) is 12.0 Å². The minimum atomic E-state index is -0.481. The molecule has 4 heterocycles. The van der Waals surface area contributed by atoms with E-state index in [-0.39, 0.29) is 36.6 Å². The second-order valence-electron chi connectivity index (χ2n) is 8.68. The van der Waals surface area contributed by atoms with Crippen LogP contribution in [0, 0.1) is 5.82 Å². The molecule has 0 saturated carbocycles. The van der Waals surface area contributed by atoms with Crippen LogP contribution in [-0.4, -0.2) is 62.4 Å². The summed E-state index contributed by atoms with van der Waals surface area (Å²) >= 11 is 0. The van der Waals surface area contributed by atoms with E-state index < -0.39 is 5.92 Å². The maximum Gasteiger partial charge on any atom is 0.346 e. The minimum Gasteiger partial charge on any atom is -0.454 e. The van der Waals surface area contributed by atoms with E-state index in [9.17, 15) is 14.0 Å². The van der Waals surface area contributed by atoms with Crippen molar-refractivity contribution < 1.29 is 23.5 Å². The molecule has 1 aromatic heterocycles. The van der Waals surface area contributed by atoms with Crippen LogP contribution in [0.3, 0.4) is 0 Å². The molecule has 3 aromatic rings. The summed E-state index contributed by atoms with van der Waals surface area (Å²) in [5, 5.41) is 3.91. The molecular formula is C24H22FN5O4. The molecule has 9 nitrogen and oxygen atoms in total. The van der Waals surface area contributed by atoms with E-state index in [1.807, 2.05) is 23.1 Å².